The minimum Gasteiger partial charge on any atom is -0.352 e. The summed E-state index contributed by atoms with van der Waals surface area (Å²) in [6.07, 6.45) is -3.50. The van der Waals surface area contributed by atoms with Crippen LogP contribution in [0.25, 0.3) is 0 Å². The number of hydrogen-bond donors (Lipinski definition) is 1. The van der Waals surface area contributed by atoms with E-state index < -0.39 is 17.6 Å². The van der Waals surface area contributed by atoms with E-state index in [0.29, 0.717) is 12.8 Å². The number of carbonyl (C=O) groups is 1. The second kappa shape index (κ2) is 8.73. The van der Waals surface area contributed by atoms with E-state index in [1.807, 2.05) is 18.2 Å². The summed E-state index contributed by atoms with van der Waals surface area (Å²) in [5.74, 6) is -1.85. The van der Waals surface area contributed by atoms with Gasteiger partial charge in [0.2, 0.25) is 5.91 Å². The highest BCUT2D eigenvalue weighted by Crippen LogP contribution is 2.34. The Balaban J connectivity index is 1.52. The fourth-order valence-electron chi connectivity index (χ4n) is 3.56. The second-order valence-electron chi connectivity index (χ2n) is 7.03. The van der Waals surface area contributed by atoms with Crippen LogP contribution in [0.4, 0.5) is 17.6 Å². The van der Waals surface area contributed by atoms with E-state index in [1.54, 1.807) is 0 Å². The molecule has 150 valence electrons. The largest absolute Gasteiger partial charge is 0.419 e. The van der Waals surface area contributed by atoms with Crippen LogP contribution in [0.3, 0.4) is 0 Å². The molecule has 0 spiro atoms. The maximum absolute atomic E-state index is 13.6. The molecule has 1 saturated heterocycles. The summed E-state index contributed by atoms with van der Waals surface area (Å²) < 4.78 is 52.8. The van der Waals surface area contributed by atoms with Crippen LogP contribution < -0.4 is 5.32 Å². The number of hydrogen-bond acceptors (Lipinski definition) is 2. The lowest BCUT2D eigenvalue weighted by atomic mass is 9.95. The molecule has 7 heteroatoms. The molecular weight excluding hydrogens is 372 g/mol. The van der Waals surface area contributed by atoms with Crippen LogP contribution in [0, 0.1) is 11.7 Å². The normalized spacial score (nSPS) is 16.1. The number of benzene rings is 2. The number of rotatable bonds is 5. The number of nitrogens with one attached hydrogen (secondary N) is 1. The zero-order valence-electron chi connectivity index (χ0n) is 15.3. The molecule has 0 aliphatic carbocycles. The number of piperidine rings is 1. The molecule has 1 aliphatic heterocycles. The van der Waals surface area contributed by atoms with E-state index in [0.717, 1.165) is 25.7 Å². The smallest absolute Gasteiger partial charge is 0.352 e. The molecule has 2 aromatic carbocycles. The molecular formula is C21H22F4N2O. The molecule has 0 bridgehead atoms. The van der Waals surface area contributed by atoms with E-state index in [9.17, 15) is 22.4 Å². The summed E-state index contributed by atoms with van der Waals surface area (Å²) in [6.45, 7) is 1.98. The van der Waals surface area contributed by atoms with Crippen LogP contribution in [0.15, 0.2) is 48.5 Å². The lowest BCUT2D eigenvalue weighted by Crippen LogP contribution is -2.40. The third kappa shape index (κ3) is 5.10. The van der Waals surface area contributed by atoms with Gasteiger partial charge in [0.05, 0.1) is 5.56 Å². The van der Waals surface area contributed by atoms with Crippen molar-refractivity contribution >= 4 is 5.91 Å². The third-order valence-electron chi connectivity index (χ3n) is 5.04. The molecule has 1 aliphatic rings. The van der Waals surface area contributed by atoms with E-state index >= 15 is 0 Å². The fourth-order valence-corrected chi connectivity index (χ4v) is 3.56. The van der Waals surface area contributed by atoms with Gasteiger partial charge in [-0.3, -0.25) is 9.69 Å². The van der Waals surface area contributed by atoms with Gasteiger partial charge in [0.1, 0.15) is 5.82 Å². The van der Waals surface area contributed by atoms with Crippen molar-refractivity contribution in [3.05, 3.63) is 71.0 Å². The van der Waals surface area contributed by atoms with E-state index in [2.05, 4.69) is 22.3 Å². The number of carbonyl (C=O) groups excluding carboxylic acids is 1. The zero-order valence-corrected chi connectivity index (χ0v) is 15.3. The first-order valence-corrected chi connectivity index (χ1v) is 9.23. The average molecular weight is 394 g/mol. The van der Waals surface area contributed by atoms with Crippen LogP contribution in [-0.4, -0.2) is 23.9 Å². The summed E-state index contributed by atoms with van der Waals surface area (Å²) in [6, 6.07) is 13.2. The fraction of sp³-hybridized carbons (Fsp3) is 0.381. The Morgan fingerprint density at radius 2 is 1.71 bits per heavy atom. The average Bonchev–Trinajstić information content (AvgIpc) is 2.66. The molecule has 1 heterocycles. The molecule has 0 aromatic heterocycles. The summed E-state index contributed by atoms with van der Waals surface area (Å²) in [5, 5.41) is 2.55. The molecule has 3 nitrogen and oxygen atoms in total. The molecule has 0 saturated carbocycles. The number of alkyl halides is 3. The van der Waals surface area contributed by atoms with Crippen molar-refractivity contribution in [3.8, 4) is 0 Å². The van der Waals surface area contributed by atoms with Gasteiger partial charge < -0.3 is 5.32 Å². The van der Waals surface area contributed by atoms with Gasteiger partial charge in [-0.2, -0.15) is 13.2 Å². The SMILES string of the molecule is O=C(NCc1cccc(F)c1C(F)(F)F)C1CCN(Cc2ccccc2)CC1. The second-order valence-corrected chi connectivity index (χ2v) is 7.03. The van der Waals surface area contributed by atoms with Crippen LogP contribution in [-0.2, 0) is 24.1 Å². The summed E-state index contributed by atoms with van der Waals surface area (Å²) in [7, 11) is 0. The van der Waals surface area contributed by atoms with Gasteiger partial charge in [-0.05, 0) is 43.1 Å². The Hall–Kier alpha value is -2.41. The van der Waals surface area contributed by atoms with Gasteiger partial charge in [0, 0.05) is 19.0 Å². The highest BCUT2D eigenvalue weighted by molar-refractivity contribution is 5.78. The molecule has 0 unspecified atom stereocenters. The minimum atomic E-state index is -4.80. The van der Waals surface area contributed by atoms with Crippen LogP contribution >= 0.6 is 0 Å². The van der Waals surface area contributed by atoms with Gasteiger partial charge in [0.15, 0.2) is 0 Å². The molecule has 3 rings (SSSR count). The summed E-state index contributed by atoms with van der Waals surface area (Å²) in [5.41, 5.74) is -0.369. The first-order valence-electron chi connectivity index (χ1n) is 9.23. The number of nitrogens with zero attached hydrogens (tertiary/aromatic N) is 1. The van der Waals surface area contributed by atoms with Gasteiger partial charge in [-0.1, -0.05) is 42.5 Å². The Bertz CT molecular complexity index is 800. The first kappa shape index (κ1) is 20.3. The van der Waals surface area contributed by atoms with E-state index in [4.69, 9.17) is 0 Å². The zero-order chi connectivity index (χ0) is 20.1. The van der Waals surface area contributed by atoms with Crippen molar-refractivity contribution in [2.24, 2.45) is 5.92 Å². The van der Waals surface area contributed by atoms with E-state index in [-0.39, 0.29) is 23.9 Å². The van der Waals surface area contributed by atoms with Crippen molar-refractivity contribution in [2.45, 2.75) is 32.1 Å². The highest BCUT2D eigenvalue weighted by Gasteiger charge is 2.36. The van der Waals surface area contributed by atoms with Crippen LogP contribution in [0.5, 0.6) is 0 Å². The maximum atomic E-state index is 13.6. The van der Waals surface area contributed by atoms with Crippen molar-refractivity contribution in [2.75, 3.05) is 13.1 Å². The van der Waals surface area contributed by atoms with Crippen LogP contribution in [0.2, 0.25) is 0 Å². The van der Waals surface area contributed by atoms with Gasteiger partial charge in [-0.25, -0.2) is 4.39 Å². The molecule has 1 N–H and O–H groups in total. The monoisotopic (exact) mass is 394 g/mol. The molecule has 28 heavy (non-hydrogen) atoms. The van der Waals surface area contributed by atoms with Gasteiger partial charge in [0.25, 0.3) is 0 Å². The van der Waals surface area contributed by atoms with Crippen molar-refractivity contribution in [1.82, 2.24) is 10.2 Å². The number of likely N-dealkylation sites (tertiary alicyclic amines) is 1. The van der Waals surface area contributed by atoms with Gasteiger partial charge in [-0.15, -0.1) is 0 Å². The number of halogens is 4. The third-order valence-corrected chi connectivity index (χ3v) is 5.04. The topological polar surface area (TPSA) is 32.3 Å². The maximum Gasteiger partial charge on any atom is 0.419 e. The molecule has 1 amide bonds. The predicted molar refractivity (Wildman–Crippen MR) is 97.7 cm³/mol. The van der Waals surface area contributed by atoms with Crippen molar-refractivity contribution in [3.63, 3.8) is 0 Å². The molecule has 0 radical (unpaired) electrons. The van der Waals surface area contributed by atoms with Crippen LogP contribution in [0.1, 0.15) is 29.5 Å². The van der Waals surface area contributed by atoms with Gasteiger partial charge >= 0.3 is 6.18 Å². The number of amides is 1. The first-order chi connectivity index (χ1) is 13.3. The Kier molecular flexibility index (Phi) is 6.34. The standard InChI is InChI=1S/C21H22F4N2O/c22-18-8-4-7-17(19(18)21(23,24)25)13-26-20(28)16-9-11-27(12-10-16)14-15-5-2-1-3-6-15/h1-8,16H,9-14H2,(H,26,28). The van der Waals surface area contributed by atoms with E-state index in [1.165, 1.54) is 17.7 Å². The summed E-state index contributed by atoms with van der Waals surface area (Å²) >= 11 is 0. The van der Waals surface area contributed by atoms with Crippen molar-refractivity contribution in [1.29, 1.82) is 0 Å². The van der Waals surface area contributed by atoms with Crippen molar-refractivity contribution < 1.29 is 22.4 Å². The predicted octanol–water partition coefficient (Wildman–Crippen LogP) is 4.37. The Morgan fingerprint density at radius 3 is 2.36 bits per heavy atom. The molecule has 2 aromatic rings. The summed E-state index contributed by atoms with van der Waals surface area (Å²) in [4.78, 5) is 14.6. The molecule has 0 atom stereocenters. The Morgan fingerprint density at radius 1 is 1.04 bits per heavy atom. The quantitative estimate of drug-likeness (QED) is 0.764. The lowest BCUT2D eigenvalue weighted by molar-refractivity contribution is -0.141. The minimum absolute atomic E-state index is 0.241. The highest BCUT2D eigenvalue weighted by atomic mass is 19.4. The molecule has 1 fully saturated rings. The lowest BCUT2D eigenvalue weighted by Gasteiger charge is -2.31. The Labute approximate surface area is 161 Å².